The molecule has 5 N–H and O–H groups in total. The van der Waals surface area contributed by atoms with E-state index in [9.17, 15) is 5.26 Å². The number of halogens is 1. The van der Waals surface area contributed by atoms with Crippen LogP contribution in [0.25, 0.3) is 5.70 Å². The lowest BCUT2D eigenvalue weighted by Crippen LogP contribution is -2.38. The Balaban J connectivity index is 1.99. The Labute approximate surface area is 168 Å². The van der Waals surface area contributed by atoms with Gasteiger partial charge in [0.05, 0.1) is 11.8 Å². The third-order valence-corrected chi connectivity index (χ3v) is 5.78. The van der Waals surface area contributed by atoms with Crippen molar-refractivity contribution in [2.24, 2.45) is 17.5 Å². The zero-order valence-electron chi connectivity index (χ0n) is 15.0. The van der Waals surface area contributed by atoms with Gasteiger partial charge in [-0.15, -0.1) is 0 Å². The summed E-state index contributed by atoms with van der Waals surface area (Å²) in [5, 5.41) is 14.8. The van der Waals surface area contributed by atoms with E-state index in [0.717, 1.165) is 29.0 Å². The van der Waals surface area contributed by atoms with Gasteiger partial charge in [-0.3, -0.25) is 0 Å². The first-order valence-corrected chi connectivity index (χ1v) is 9.83. The average Bonchev–Trinajstić information content (AvgIpc) is 2.73. The molecule has 0 spiro atoms. The first-order chi connectivity index (χ1) is 12.4. The van der Waals surface area contributed by atoms with E-state index >= 15 is 0 Å². The van der Waals surface area contributed by atoms with Gasteiger partial charge in [0.15, 0.2) is 0 Å². The minimum atomic E-state index is 0.112. The maximum atomic E-state index is 9.33. The summed E-state index contributed by atoms with van der Waals surface area (Å²) in [5.41, 5.74) is 10.8. The lowest BCUT2D eigenvalue weighted by Gasteiger charge is -2.29. The minimum Gasteiger partial charge on any atom is -0.401 e. The molecule has 0 saturated heterocycles. The molecular formula is C20H24IN5. The number of benzene rings is 1. The van der Waals surface area contributed by atoms with Crippen molar-refractivity contribution in [3.8, 4) is 6.07 Å². The number of nitrogens with zero attached hydrogens (tertiary/aromatic N) is 2. The molecule has 0 aromatic heterocycles. The number of nitrogens with one attached hydrogen (secondary N) is 1. The molecule has 2 aliphatic rings. The molecule has 3 rings (SSSR count). The molecule has 0 bridgehead atoms. The Kier molecular flexibility index (Phi) is 5.70. The summed E-state index contributed by atoms with van der Waals surface area (Å²) in [6.07, 6.45) is 6.86. The third-order valence-electron chi connectivity index (χ3n) is 5.11. The molecule has 1 heterocycles. The van der Waals surface area contributed by atoms with Crippen molar-refractivity contribution in [3.63, 3.8) is 0 Å². The van der Waals surface area contributed by atoms with E-state index in [-0.39, 0.29) is 18.0 Å². The van der Waals surface area contributed by atoms with Crippen LogP contribution in [0.4, 0.5) is 0 Å². The molecule has 6 heteroatoms. The lowest BCUT2D eigenvalue weighted by atomic mass is 9.88. The third kappa shape index (κ3) is 3.65. The van der Waals surface area contributed by atoms with Crippen molar-refractivity contribution in [2.75, 3.05) is 6.54 Å². The van der Waals surface area contributed by atoms with Gasteiger partial charge in [-0.05, 0) is 59.7 Å². The second-order valence-electron chi connectivity index (χ2n) is 6.90. The smallest absolute Gasteiger partial charge is 0.0950 e. The zero-order chi connectivity index (χ0) is 18.8. The predicted octanol–water partition coefficient (Wildman–Crippen LogP) is 3.17. The number of hydrazine groups is 1. The molecule has 1 aromatic rings. The Morgan fingerprint density at radius 2 is 2.19 bits per heavy atom. The molecule has 1 aliphatic heterocycles. The van der Waals surface area contributed by atoms with Crippen LogP contribution in [-0.4, -0.2) is 17.6 Å². The summed E-state index contributed by atoms with van der Waals surface area (Å²) in [6, 6.07) is 8.94. The van der Waals surface area contributed by atoms with Crippen molar-refractivity contribution in [2.45, 2.75) is 32.4 Å². The van der Waals surface area contributed by atoms with E-state index in [1.54, 1.807) is 5.01 Å². The SMILES string of the molecule is C/C(N)=C1\c2ccc(I)cc2C(NC2C=CC=C(C#N)C2C)CCN1N. The highest BCUT2D eigenvalue weighted by atomic mass is 127. The van der Waals surface area contributed by atoms with Gasteiger partial charge in [0.1, 0.15) is 0 Å². The summed E-state index contributed by atoms with van der Waals surface area (Å²) in [7, 11) is 0. The van der Waals surface area contributed by atoms with Gasteiger partial charge >= 0.3 is 0 Å². The fourth-order valence-electron chi connectivity index (χ4n) is 3.70. The summed E-state index contributed by atoms with van der Waals surface area (Å²) in [4.78, 5) is 0. The Hall–Kier alpha value is -1.82. The lowest BCUT2D eigenvalue weighted by molar-refractivity contribution is 0.352. The van der Waals surface area contributed by atoms with Crippen LogP contribution in [0.3, 0.4) is 0 Å². The van der Waals surface area contributed by atoms with Crippen LogP contribution in [0, 0.1) is 20.8 Å². The largest absolute Gasteiger partial charge is 0.401 e. The molecule has 0 saturated carbocycles. The highest BCUT2D eigenvalue weighted by molar-refractivity contribution is 14.1. The van der Waals surface area contributed by atoms with Crippen LogP contribution in [0.2, 0.25) is 0 Å². The van der Waals surface area contributed by atoms with Gasteiger partial charge in [-0.1, -0.05) is 25.1 Å². The number of fused-ring (bicyclic) bond motifs is 1. The van der Waals surface area contributed by atoms with Crippen LogP contribution in [-0.2, 0) is 0 Å². The molecular weight excluding hydrogens is 437 g/mol. The molecule has 26 heavy (non-hydrogen) atoms. The monoisotopic (exact) mass is 461 g/mol. The molecule has 0 amide bonds. The Morgan fingerprint density at radius 3 is 2.88 bits per heavy atom. The topological polar surface area (TPSA) is 91.1 Å². The summed E-state index contributed by atoms with van der Waals surface area (Å²) >= 11 is 2.34. The van der Waals surface area contributed by atoms with E-state index < -0.39 is 0 Å². The normalized spacial score (nSPS) is 27.3. The van der Waals surface area contributed by atoms with Crippen molar-refractivity contribution >= 4 is 28.3 Å². The standard InChI is InChI=1S/C20H24IN5/c1-12-14(11-22)4-3-5-18(12)25-19-8-9-26(24)20(13(2)23)16-7-6-15(21)10-17(16)19/h3-7,10,12,18-19,25H,8-9,23-24H2,1-2H3/b20-13-. The quantitative estimate of drug-likeness (QED) is 0.465. The zero-order valence-corrected chi connectivity index (χ0v) is 17.2. The second kappa shape index (κ2) is 7.82. The average molecular weight is 461 g/mol. The van der Waals surface area contributed by atoms with E-state index in [1.807, 2.05) is 19.1 Å². The predicted molar refractivity (Wildman–Crippen MR) is 113 cm³/mol. The van der Waals surface area contributed by atoms with Gasteiger partial charge in [0, 0.05) is 45.0 Å². The first kappa shape index (κ1) is 19.0. The van der Waals surface area contributed by atoms with Gasteiger partial charge in [-0.25, -0.2) is 5.84 Å². The number of hydrogen-bond donors (Lipinski definition) is 3. The van der Waals surface area contributed by atoms with E-state index in [2.05, 4.69) is 65.2 Å². The maximum absolute atomic E-state index is 9.33. The summed E-state index contributed by atoms with van der Waals surface area (Å²) in [6.45, 7) is 4.69. The molecule has 3 unspecified atom stereocenters. The number of nitrogens with two attached hydrogens (primary N) is 2. The van der Waals surface area contributed by atoms with Crippen LogP contribution in [0.5, 0.6) is 0 Å². The van der Waals surface area contributed by atoms with Crippen molar-refractivity contribution in [1.29, 1.82) is 5.26 Å². The van der Waals surface area contributed by atoms with Crippen LogP contribution < -0.4 is 16.9 Å². The Morgan fingerprint density at radius 1 is 1.42 bits per heavy atom. The van der Waals surface area contributed by atoms with Crippen molar-refractivity contribution in [1.82, 2.24) is 10.3 Å². The summed E-state index contributed by atoms with van der Waals surface area (Å²) in [5.74, 6) is 6.44. The van der Waals surface area contributed by atoms with Gasteiger partial charge in [-0.2, -0.15) is 5.26 Å². The first-order valence-electron chi connectivity index (χ1n) is 8.75. The fourth-order valence-corrected chi connectivity index (χ4v) is 4.22. The molecule has 5 nitrogen and oxygen atoms in total. The van der Waals surface area contributed by atoms with E-state index in [0.29, 0.717) is 6.54 Å². The van der Waals surface area contributed by atoms with Gasteiger partial charge in [0.2, 0.25) is 0 Å². The van der Waals surface area contributed by atoms with Gasteiger partial charge < -0.3 is 16.1 Å². The summed E-state index contributed by atoms with van der Waals surface area (Å²) < 4.78 is 1.18. The number of allylic oxidation sites excluding steroid dienone is 3. The van der Waals surface area contributed by atoms with Gasteiger partial charge in [0.25, 0.3) is 0 Å². The number of nitriles is 1. The highest BCUT2D eigenvalue weighted by Crippen LogP contribution is 2.35. The van der Waals surface area contributed by atoms with Crippen molar-refractivity contribution < 1.29 is 0 Å². The number of hydrogen-bond acceptors (Lipinski definition) is 5. The fraction of sp³-hybridized carbons (Fsp3) is 0.350. The Bertz CT molecular complexity index is 829. The molecule has 1 aromatic carbocycles. The second-order valence-corrected chi connectivity index (χ2v) is 8.14. The highest BCUT2D eigenvalue weighted by Gasteiger charge is 2.29. The van der Waals surface area contributed by atoms with Crippen LogP contribution in [0.1, 0.15) is 37.4 Å². The van der Waals surface area contributed by atoms with Crippen LogP contribution >= 0.6 is 22.6 Å². The minimum absolute atomic E-state index is 0.112. The van der Waals surface area contributed by atoms with Crippen molar-refractivity contribution in [3.05, 3.63) is 62.4 Å². The molecule has 0 fully saturated rings. The maximum Gasteiger partial charge on any atom is 0.0950 e. The molecule has 3 atom stereocenters. The molecule has 1 aliphatic carbocycles. The number of rotatable bonds is 2. The molecule has 0 radical (unpaired) electrons. The van der Waals surface area contributed by atoms with E-state index in [4.69, 9.17) is 11.6 Å². The molecule has 136 valence electrons. The van der Waals surface area contributed by atoms with Crippen LogP contribution in [0.15, 0.2) is 47.7 Å². The van der Waals surface area contributed by atoms with E-state index in [1.165, 1.54) is 9.13 Å².